The molecular weight excluding hydrogens is 343 g/mol. The molecule has 0 bridgehead atoms. The molecule has 4 aromatic carbocycles. The lowest BCUT2D eigenvalue weighted by molar-refractivity contribution is 1.43. The Morgan fingerprint density at radius 1 is 0.481 bits per heavy atom. The third kappa shape index (κ3) is 3.11. The Hall–Kier alpha value is -2.69. The molecule has 0 aliphatic rings. The van der Waals surface area contributed by atoms with E-state index in [9.17, 15) is 0 Å². The first-order valence-corrected chi connectivity index (χ1v) is 11.2. The van der Waals surface area contributed by atoms with Crippen molar-refractivity contribution in [3.8, 4) is 0 Å². The summed E-state index contributed by atoms with van der Waals surface area (Å²) in [6.45, 7) is 4.44. The SMILES string of the molecule is Cc1ccc(C)c([P+](c2ccccc2)(c2ccccc2)c2ccccc2)c1. The summed E-state index contributed by atoms with van der Waals surface area (Å²) in [5, 5.41) is 5.65. The van der Waals surface area contributed by atoms with Gasteiger partial charge in [0.25, 0.3) is 0 Å². The zero-order valence-electron chi connectivity index (χ0n) is 15.8. The highest BCUT2D eigenvalue weighted by atomic mass is 31.2. The second kappa shape index (κ2) is 7.51. The van der Waals surface area contributed by atoms with Crippen molar-refractivity contribution in [3.63, 3.8) is 0 Å². The lowest BCUT2D eigenvalue weighted by Gasteiger charge is -2.29. The van der Waals surface area contributed by atoms with Crippen molar-refractivity contribution < 1.29 is 0 Å². The monoisotopic (exact) mass is 367 g/mol. The molecule has 0 N–H and O–H groups in total. The highest BCUT2D eigenvalue weighted by Gasteiger charge is 2.48. The molecule has 4 aromatic rings. The zero-order chi connectivity index (χ0) is 18.7. The molecule has 0 aliphatic heterocycles. The first-order valence-electron chi connectivity index (χ1n) is 9.36. The van der Waals surface area contributed by atoms with Crippen LogP contribution in [0.3, 0.4) is 0 Å². The average Bonchev–Trinajstić information content (AvgIpc) is 2.73. The van der Waals surface area contributed by atoms with E-state index in [2.05, 4.69) is 123 Å². The van der Waals surface area contributed by atoms with Crippen molar-refractivity contribution in [1.82, 2.24) is 0 Å². The Bertz CT molecular complexity index is 925. The lowest BCUT2D eigenvalue weighted by atomic mass is 10.2. The molecule has 0 aliphatic carbocycles. The van der Waals surface area contributed by atoms with Crippen LogP contribution in [0.5, 0.6) is 0 Å². The van der Waals surface area contributed by atoms with Crippen molar-refractivity contribution in [3.05, 3.63) is 120 Å². The van der Waals surface area contributed by atoms with E-state index >= 15 is 0 Å². The Morgan fingerprint density at radius 3 is 1.30 bits per heavy atom. The molecule has 0 saturated carbocycles. The number of aryl methyl sites for hydroxylation is 2. The van der Waals surface area contributed by atoms with Gasteiger partial charge >= 0.3 is 0 Å². The Kier molecular flexibility index (Phi) is 4.92. The summed E-state index contributed by atoms with van der Waals surface area (Å²) in [7, 11) is -1.97. The Labute approximate surface area is 162 Å². The minimum absolute atomic E-state index is 1.31. The molecule has 0 saturated heterocycles. The largest absolute Gasteiger partial charge is 0.144 e. The first kappa shape index (κ1) is 17.7. The summed E-state index contributed by atoms with van der Waals surface area (Å²) in [5.41, 5.74) is 2.66. The highest BCUT2D eigenvalue weighted by Crippen LogP contribution is 2.54. The lowest BCUT2D eigenvalue weighted by Crippen LogP contribution is -2.39. The summed E-state index contributed by atoms with van der Waals surface area (Å²) in [6.07, 6.45) is 0. The highest BCUT2D eigenvalue weighted by molar-refractivity contribution is 8.01. The van der Waals surface area contributed by atoms with E-state index in [0.29, 0.717) is 0 Å². The zero-order valence-corrected chi connectivity index (χ0v) is 16.7. The summed E-state index contributed by atoms with van der Waals surface area (Å²) in [5.74, 6) is 0. The fourth-order valence-corrected chi connectivity index (χ4v) is 8.49. The summed E-state index contributed by atoms with van der Waals surface area (Å²) in [4.78, 5) is 0. The van der Waals surface area contributed by atoms with Gasteiger partial charge in [-0.25, -0.2) is 0 Å². The van der Waals surface area contributed by atoms with Crippen molar-refractivity contribution in [2.24, 2.45) is 0 Å². The van der Waals surface area contributed by atoms with Crippen LogP contribution in [0, 0.1) is 13.8 Å². The quantitative estimate of drug-likeness (QED) is 0.449. The van der Waals surface area contributed by atoms with Crippen LogP contribution in [0.1, 0.15) is 11.1 Å². The van der Waals surface area contributed by atoms with E-state index in [1.807, 2.05) is 0 Å². The fraction of sp³-hybridized carbons (Fsp3) is 0.0769. The third-order valence-electron chi connectivity index (χ3n) is 5.16. The maximum absolute atomic E-state index is 2.40. The van der Waals surface area contributed by atoms with E-state index in [0.717, 1.165) is 0 Å². The second-order valence-corrected chi connectivity index (χ2v) is 10.3. The molecule has 1 heteroatoms. The van der Waals surface area contributed by atoms with Crippen LogP contribution in [-0.2, 0) is 0 Å². The Morgan fingerprint density at radius 2 is 0.889 bits per heavy atom. The molecule has 0 spiro atoms. The maximum atomic E-state index is 2.40. The van der Waals surface area contributed by atoms with E-state index < -0.39 is 7.26 Å². The number of benzene rings is 4. The van der Waals surface area contributed by atoms with E-state index in [-0.39, 0.29) is 0 Å². The van der Waals surface area contributed by atoms with Gasteiger partial charge in [-0.05, 0) is 67.4 Å². The molecule has 27 heavy (non-hydrogen) atoms. The number of hydrogen-bond acceptors (Lipinski definition) is 0. The molecule has 0 amide bonds. The van der Waals surface area contributed by atoms with Crippen molar-refractivity contribution in [2.45, 2.75) is 13.8 Å². The number of hydrogen-bond donors (Lipinski definition) is 0. The molecule has 0 heterocycles. The van der Waals surface area contributed by atoms with Crippen LogP contribution in [0.4, 0.5) is 0 Å². The smallest absolute Gasteiger partial charge is 0.0620 e. The topological polar surface area (TPSA) is 0 Å². The maximum Gasteiger partial charge on any atom is 0.144 e. The molecule has 0 radical (unpaired) electrons. The van der Waals surface area contributed by atoms with Gasteiger partial charge in [0, 0.05) is 0 Å². The van der Waals surface area contributed by atoms with Crippen molar-refractivity contribution >= 4 is 28.5 Å². The van der Waals surface area contributed by atoms with Gasteiger partial charge in [-0.2, -0.15) is 0 Å². The van der Waals surface area contributed by atoms with Gasteiger partial charge in [-0.1, -0.05) is 66.7 Å². The van der Waals surface area contributed by atoms with Crippen LogP contribution in [0.2, 0.25) is 0 Å². The molecule has 0 nitrogen and oxygen atoms in total. The van der Waals surface area contributed by atoms with Crippen LogP contribution in [0.15, 0.2) is 109 Å². The molecule has 0 fully saturated rings. The molecular formula is C26H24P+. The van der Waals surface area contributed by atoms with Crippen LogP contribution < -0.4 is 21.2 Å². The molecule has 0 unspecified atom stereocenters. The van der Waals surface area contributed by atoms with Crippen LogP contribution >= 0.6 is 7.26 Å². The Balaban J connectivity index is 2.18. The van der Waals surface area contributed by atoms with Gasteiger partial charge in [-0.3, -0.25) is 0 Å². The van der Waals surface area contributed by atoms with Gasteiger partial charge in [-0.15, -0.1) is 0 Å². The van der Waals surface area contributed by atoms with Crippen LogP contribution in [0.25, 0.3) is 0 Å². The average molecular weight is 367 g/mol. The van der Waals surface area contributed by atoms with Gasteiger partial charge in [0.2, 0.25) is 0 Å². The molecule has 0 aromatic heterocycles. The van der Waals surface area contributed by atoms with Crippen molar-refractivity contribution in [2.75, 3.05) is 0 Å². The van der Waals surface area contributed by atoms with Gasteiger partial charge in [0.05, 0.1) is 0 Å². The van der Waals surface area contributed by atoms with E-state index in [1.165, 1.54) is 32.3 Å². The third-order valence-corrected chi connectivity index (χ3v) is 9.58. The predicted octanol–water partition coefficient (Wildman–Crippen LogP) is 4.92. The second-order valence-electron chi connectivity index (χ2n) is 6.97. The summed E-state index contributed by atoms with van der Waals surface area (Å²) in [6, 6.07) is 40.0. The summed E-state index contributed by atoms with van der Waals surface area (Å²) >= 11 is 0. The molecule has 0 atom stereocenters. The molecule has 4 rings (SSSR count). The van der Waals surface area contributed by atoms with Crippen LogP contribution in [-0.4, -0.2) is 0 Å². The first-order chi connectivity index (χ1) is 13.2. The van der Waals surface area contributed by atoms with Gasteiger partial charge < -0.3 is 0 Å². The standard InChI is InChI=1S/C26H24P/c1-21-18-19-22(2)26(20-21)27(23-12-6-3-7-13-23,24-14-8-4-9-15-24)25-16-10-5-11-17-25/h3-20H,1-2H3/q+1. The normalized spacial score (nSPS) is 11.3. The fourth-order valence-electron chi connectivity index (χ4n) is 3.90. The summed E-state index contributed by atoms with van der Waals surface area (Å²) < 4.78 is 0. The number of rotatable bonds is 4. The minimum Gasteiger partial charge on any atom is -0.0620 e. The molecule has 132 valence electrons. The predicted molar refractivity (Wildman–Crippen MR) is 121 cm³/mol. The van der Waals surface area contributed by atoms with E-state index in [4.69, 9.17) is 0 Å². The van der Waals surface area contributed by atoms with Gasteiger partial charge in [0.15, 0.2) is 0 Å². The van der Waals surface area contributed by atoms with E-state index in [1.54, 1.807) is 0 Å². The minimum atomic E-state index is -1.97. The van der Waals surface area contributed by atoms with Crippen molar-refractivity contribution in [1.29, 1.82) is 0 Å². The van der Waals surface area contributed by atoms with Gasteiger partial charge in [0.1, 0.15) is 28.5 Å².